The average Bonchev–Trinajstić information content (AvgIpc) is 2.98. The fraction of sp³-hybridized carbons (Fsp3) is 0.273. The van der Waals surface area contributed by atoms with Crippen LogP contribution in [0, 0.1) is 0 Å². The molecule has 7 heteroatoms. The second kappa shape index (κ2) is 8.68. The Kier molecular flexibility index (Phi) is 6.07. The molecule has 0 N–H and O–H groups in total. The van der Waals surface area contributed by atoms with Gasteiger partial charge in [-0.25, -0.2) is 4.79 Å². The Labute approximate surface area is 168 Å². The van der Waals surface area contributed by atoms with Gasteiger partial charge in [0.15, 0.2) is 6.61 Å². The predicted molar refractivity (Wildman–Crippen MR) is 105 cm³/mol. The Morgan fingerprint density at radius 1 is 0.931 bits per heavy atom. The third-order valence-electron chi connectivity index (χ3n) is 4.83. The van der Waals surface area contributed by atoms with Crippen molar-refractivity contribution >= 4 is 23.7 Å². The molecule has 0 aliphatic carbocycles. The van der Waals surface area contributed by atoms with Gasteiger partial charge in [-0.1, -0.05) is 30.3 Å². The lowest BCUT2D eigenvalue weighted by Gasteiger charge is -2.18. The second-order valence-corrected chi connectivity index (χ2v) is 6.58. The van der Waals surface area contributed by atoms with Crippen molar-refractivity contribution in [2.45, 2.75) is 20.4 Å². The molecular formula is C22H22N2O5. The highest BCUT2D eigenvalue weighted by atomic mass is 16.5. The van der Waals surface area contributed by atoms with E-state index in [1.54, 1.807) is 4.90 Å². The Hall–Kier alpha value is -3.48. The number of imide groups is 1. The predicted octanol–water partition coefficient (Wildman–Crippen LogP) is 2.51. The first kappa shape index (κ1) is 20.3. The van der Waals surface area contributed by atoms with Crippen molar-refractivity contribution in [3.8, 4) is 0 Å². The fourth-order valence-corrected chi connectivity index (χ4v) is 3.21. The first-order chi connectivity index (χ1) is 14.0. The Bertz CT molecular complexity index is 951. The molecule has 2 aromatic carbocycles. The SMILES string of the molecule is CCN(CC)C(=O)COC(=O)c1ccc2c(c1)C(=O)N(Cc1ccccc1)C2=O. The summed E-state index contributed by atoms with van der Waals surface area (Å²) in [6.45, 7) is 4.52. The number of hydrogen-bond acceptors (Lipinski definition) is 5. The first-order valence-electron chi connectivity index (χ1n) is 9.45. The van der Waals surface area contributed by atoms with E-state index in [4.69, 9.17) is 4.74 Å². The smallest absolute Gasteiger partial charge is 0.338 e. The fourth-order valence-electron chi connectivity index (χ4n) is 3.21. The molecule has 3 rings (SSSR count). The summed E-state index contributed by atoms with van der Waals surface area (Å²) in [6, 6.07) is 13.4. The number of amides is 3. The van der Waals surface area contributed by atoms with Gasteiger partial charge >= 0.3 is 5.97 Å². The highest BCUT2D eigenvalue weighted by Gasteiger charge is 2.36. The molecule has 3 amide bonds. The summed E-state index contributed by atoms with van der Waals surface area (Å²) >= 11 is 0. The lowest BCUT2D eigenvalue weighted by Crippen LogP contribution is -2.34. The third-order valence-corrected chi connectivity index (χ3v) is 4.83. The molecule has 0 bridgehead atoms. The topological polar surface area (TPSA) is 84.0 Å². The summed E-state index contributed by atoms with van der Waals surface area (Å²) in [5.74, 6) is -1.85. The largest absolute Gasteiger partial charge is 0.452 e. The van der Waals surface area contributed by atoms with Crippen LogP contribution >= 0.6 is 0 Å². The molecule has 29 heavy (non-hydrogen) atoms. The van der Waals surface area contributed by atoms with Crippen molar-refractivity contribution in [1.29, 1.82) is 0 Å². The van der Waals surface area contributed by atoms with Crippen molar-refractivity contribution in [3.63, 3.8) is 0 Å². The molecule has 0 spiro atoms. The van der Waals surface area contributed by atoms with E-state index < -0.39 is 17.8 Å². The van der Waals surface area contributed by atoms with E-state index in [-0.39, 0.29) is 35.7 Å². The number of benzene rings is 2. The molecule has 0 atom stereocenters. The molecule has 1 aliphatic heterocycles. The molecule has 0 saturated carbocycles. The van der Waals surface area contributed by atoms with Gasteiger partial charge in [-0.2, -0.15) is 0 Å². The average molecular weight is 394 g/mol. The number of ether oxygens (including phenoxy) is 1. The van der Waals surface area contributed by atoms with Gasteiger partial charge in [0.2, 0.25) is 0 Å². The quantitative estimate of drug-likeness (QED) is 0.532. The molecule has 0 saturated heterocycles. The maximum Gasteiger partial charge on any atom is 0.338 e. The number of likely N-dealkylation sites (N-methyl/N-ethyl adjacent to an activating group) is 1. The van der Waals surface area contributed by atoms with Gasteiger partial charge in [0.1, 0.15) is 0 Å². The molecule has 150 valence electrons. The van der Waals surface area contributed by atoms with Gasteiger partial charge in [0, 0.05) is 13.1 Å². The van der Waals surface area contributed by atoms with Gasteiger partial charge in [-0.05, 0) is 37.6 Å². The number of esters is 1. The second-order valence-electron chi connectivity index (χ2n) is 6.58. The number of rotatable bonds is 7. The lowest BCUT2D eigenvalue weighted by atomic mass is 10.1. The molecule has 0 unspecified atom stereocenters. The Balaban J connectivity index is 1.72. The van der Waals surface area contributed by atoms with Crippen LogP contribution in [0.4, 0.5) is 0 Å². The van der Waals surface area contributed by atoms with E-state index in [0.29, 0.717) is 13.1 Å². The van der Waals surface area contributed by atoms with Crippen molar-refractivity contribution in [1.82, 2.24) is 9.80 Å². The van der Waals surface area contributed by atoms with Crippen molar-refractivity contribution < 1.29 is 23.9 Å². The van der Waals surface area contributed by atoms with Crippen molar-refractivity contribution in [3.05, 3.63) is 70.8 Å². The minimum Gasteiger partial charge on any atom is -0.452 e. The third kappa shape index (κ3) is 4.18. The minimum atomic E-state index is -0.713. The monoisotopic (exact) mass is 394 g/mol. The van der Waals surface area contributed by atoms with Crippen LogP contribution in [0.25, 0.3) is 0 Å². The minimum absolute atomic E-state index is 0.124. The van der Waals surface area contributed by atoms with Gasteiger partial charge in [0.05, 0.1) is 23.2 Å². The van der Waals surface area contributed by atoms with E-state index in [0.717, 1.165) is 10.5 Å². The van der Waals surface area contributed by atoms with Crippen LogP contribution in [0.2, 0.25) is 0 Å². The molecule has 1 heterocycles. The van der Waals surface area contributed by atoms with E-state index in [1.807, 2.05) is 44.2 Å². The van der Waals surface area contributed by atoms with E-state index in [2.05, 4.69) is 0 Å². The standard InChI is InChI=1S/C22H22N2O5/c1-3-23(4-2)19(25)14-29-22(28)16-10-11-17-18(12-16)21(27)24(20(17)26)13-15-8-6-5-7-9-15/h5-12H,3-4,13-14H2,1-2H3. The highest BCUT2D eigenvalue weighted by Crippen LogP contribution is 2.26. The highest BCUT2D eigenvalue weighted by molar-refractivity contribution is 6.21. The number of nitrogens with zero attached hydrogens (tertiary/aromatic N) is 2. The molecule has 0 radical (unpaired) electrons. The van der Waals surface area contributed by atoms with Crippen LogP contribution < -0.4 is 0 Å². The molecule has 2 aromatic rings. The summed E-state index contributed by atoms with van der Waals surface area (Å²) in [6.07, 6.45) is 0. The van der Waals surface area contributed by atoms with Crippen molar-refractivity contribution in [2.24, 2.45) is 0 Å². The van der Waals surface area contributed by atoms with Crippen LogP contribution in [0.3, 0.4) is 0 Å². The number of carbonyl (C=O) groups excluding carboxylic acids is 4. The van der Waals surface area contributed by atoms with Crippen LogP contribution in [0.15, 0.2) is 48.5 Å². The zero-order valence-corrected chi connectivity index (χ0v) is 16.4. The van der Waals surface area contributed by atoms with Gasteiger partial charge < -0.3 is 9.64 Å². The zero-order valence-electron chi connectivity index (χ0n) is 16.4. The van der Waals surface area contributed by atoms with Gasteiger partial charge in [-0.3, -0.25) is 19.3 Å². The summed E-state index contributed by atoms with van der Waals surface area (Å²) in [7, 11) is 0. The number of fused-ring (bicyclic) bond motifs is 1. The number of carbonyl (C=O) groups is 4. The summed E-state index contributed by atoms with van der Waals surface area (Å²) < 4.78 is 5.08. The van der Waals surface area contributed by atoms with E-state index in [1.165, 1.54) is 18.2 Å². The molecular weight excluding hydrogens is 372 g/mol. The van der Waals surface area contributed by atoms with Crippen LogP contribution in [0.5, 0.6) is 0 Å². The summed E-state index contributed by atoms with van der Waals surface area (Å²) in [5.41, 5.74) is 1.37. The van der Waals surface area contributed by atoms with Gasteiger partial charge in [-0.15, -0.1) is 0 Å². The Morgan fingerprint density at radius 2 is 1.59 bits per heavy atom. The maximum absolute atomic E-state index is 12.7. The van der Waals surface area contributed by atoms with Crippen molar-refractivity contribution in [2.75, 3.05) is 19.7 Å². The maximum atomic E-state index is 12.7. The number of hydrogen-bond donors (Lipinski definition) is 0. The summed E-state index contributed by atoms with van der Waals surface area (Å²) in [4.78, 5) is 52.3. The zero-order chi connectivity index (χ0) is 21.0. The molecule has 0 fully saturated rings. The first-order valence-corrected chi connectivity index (χ1v) is 9.45. The van der Waals surface area contributed by atoms with E-state index >= 15 is 0 Å². The van der Waals surface area contributed by atoms with E-state index in [9.17, 15) is 19.2 Å². The molecule has 0 aromatic heterocycles. The Morgan fingerprint density at radius 3 is 2.24 bits per heavy atom. The normalized spacial score (nSPS) is 12.7. The molecule has 1 aliphatic rings. The summed E-state index contributed by atoms with van der Waals surface area (Å²) in [5, 5.41) is 0. The van der Waals surface area contributed by atoms with Crippen LogP contribution in [-0.2, 0) is 16.1 Å². The van der Waals surface area contributed by atoms with Crippen LogP contribution in [0.1, 0.15) is 50.5 Å². The van der Waals surface area contributed by atoms with Crippen LogP contribution in [-0.4, -0.2) is 53.2 Å². The molecule has 7 nitrogen and oxygen atoms in total. The van der Waals surface area contributed by atoms with Gasteiger partial charge in [0.25, 0.3) is 17.7 Å². The lowest BCUT2D eigenvalue weighted by molar-refractivity contribution is -0.134.